The normalized spacial score (nSPS) is 22.1. The summed E-state index contributed by atoms with van der Waals surface area (Å²) >= 11 is 0. The number of ether oxygens (including phenoxy) is 1. The van der Waals surface area contributed by atoms with Crippen molar-refractivity contribution >= 4 is 0 Å². The molecule has 0 heterocycles. The van der Waals surface area contributed by atoms with Crippen molar-refractivity contribution in [1.29, 1.82) is 10.5 Å². The van der Waals surface area contributed by atoms with Crippen molar-refractivity contribution in [1.82, 2.24) is 0 Å². The lowest BCUT2D eigenvalue weighted by molar-refractivity contribution is 0.410. The summed E-state index contributed by atoms with van der Waals surface area (Å²) in [4.78, 5) is 0. The summed E-state index contributed by atoms with van der Waals surface area (Å²) in [5.41, 5.74) is 1.54. The lowest BCUT2D eigenvalue weighted by Gasteiger charge is -2.31. The molecule has 0 saturated heterocycles. The Balaban J connectivity index is 2.52. The van der Waals surface area contributed by atoms with Crippen molar-refractivity contribution in [2.24, 2.45) is 0 Å². The molecule has 17 heavy (non-hydrogen) atoms. The predicted molar refractivity (Wildman–Crippen MR) is 63.5 cm³/mol. The Morgan fingerprint density at radius 3 is 2.88 bits per heavy atom. The van der Waals surface area contributed by atoms with E-state index in [-0.39, 0.29) is 6.42 Å². The van der Waals surface area contributed by atoms with E-state index in [1.54, 1.807) is 7.11 Å². The van der Waals surface area contributed by atoms with Crippen LogP contribution in [0.1, 0.15) is 30.4 Å². The quantitative estimate of drug-likeness (QED) is 0.779. The molecule has 3 heteroatoms. The molecule has 0 aromatic heterocycles. The van der Waals surface area contributed by atoms with Gasteiger partial charge in [-0.1, -0.05) is 6.07 Å². The Hall–Kier alpha value is -2.00. The molecule has 1 aromatic rings. The van der Waals surface area contributed by atoms with E-state index < -0.39 is 5.41 Å². The molecule has 86 valence electrons. The van der Waals surface area contributed by atoms with Crippen LogP contribution in [0.2, 0.25) is 0 Å². The van der Waals surface area contributed by atoms with Crippen molar-refractivity contribution in [2.45, 2.75) is 31.1 Å². The molecule has 0 spiro atoms. The number of nitrogens with zero attached hydrogens (tertiary/aromatic N) is 2. The SMILES string of the molecule is COc1ccc2c(c1)CCCC2(C#N)CC#N. The van der Waals surface area contributed by atoms with Crippen LogP contribution in [0.15, 0.2) is 18.2 Å². The number of hydrogen-bond donors (Lipinski definition) is 0. The number of aryl methyl sites for hydroxylation is 1. The van der Waals surface area contributed by atoms with Crippen molar-refractivity contribution < 1.29 is 4.74 Å². The van der Waals surface area contributed by atoms with Gasteiger partial charge in [-0.25, -0.2) is 0 Å². The van der Waals surface area contributed by atoms with Crippen LogP contribution in [0.3, 0.4) is 0 Å². The van der Waals surface area contributed by atoms with Gasteiger partial charge in [-0.2, -0.15) is 10.5 Å². The summed E-state index contributed by atoms with van der Waals surface area (Å²) in [6, 6.07) is 10.3. The number of rotatable bonds is 2. The first-order chi connectivity index (χ1) is 8.25. The largest absolute Gasteiger partial charge is 0.497 e. The molecule has 1 aliphatic rings. The second-order valence-corrected chi connectivity index (χ2v) is 4.41. The second kappa shape index (κ2) is 4.47. The number of hydrogen-bond acceptors (Lipinski definition) is 3. The van der Waals surface area contributed by atoms with E-state index >= 15 is 0 Å². The van der Waals surface area contributed by atoms with Gasteiger partial charge in [0.1, 0.15) is 5.75 Å². The standard InChI is InChI=1S/C14H14N2O/c1-17-12-4-5-13-11(9-12)3-2-6-14(13,10-16)7-8-15/h4-5,9H,2-3,6-7H2,1H3. The van der Waals surface area contributed by atoms with Gasteiger partial charge in [0, 0.05) is 0 Å². The number of nitriles is 2. The summed E-state index contributed by atoms with van der Waals surface area (Å²) in [6.07, 6.45) is 2.95. The maximum atomic E-state index is 9.41. The third kappa shape index (κ3) is 1.85. The molecule has 1 atom stereocenters. The monoisotopic (exact) mass is 226 g/mol. The molecule has 2 rings (SSSR count). The Morgan fingerprint density at radius 1 is 1.41 bits per heavy atom. The van der Waals surface area contributed by atoms with Crippen LogP contribution in [0.25, 0.3) is 0 Å². The molecule has 1 aliphatic carbocycles. The summed E-state index contributed by atoms with van der Waals surface area (Å²) in [7, 11) is 1.64. The molecule has 1 unspecified atom stereocenters. The van der Waals surface area contributed by atoms with Crippen molar-refractivity contribution in [3.05, 3.63) is 29.3 Å². The molecule has 1 aromatic carbocycles. The van der Waals surface area contributed by atoms with Crippen LogP contribution in [0.5, 0.6) is 5.75 Å². The average molecular weight is 226 g/mol. The van der Waals surface area contributed by atoms with Gasteiger partial charge >= 0.3 is 0 Å². The zero-order valence-corrected chi connectivity index (χ0v) is 9.86. The van der Waals surface area contributed by atoms with Gasteiger partial charge in [0.25, 0.3) is 0 Å². The number of fused-ring (bicyclic) bond motifs is 1. The van der Waals surface area contributed by atoms with E-state index in [0.717, 1.165) is 36.1 Å². The van der Waals surface area contributed by atoms with E-state index in [9.17, 15) is 5.26 Å². The minimum atomic E-state index is -0.616. The Kier molecular flexibility index (Phi) is 3.02. The second-order valence-electron chi connectivity index (χ2n) is 4.41. The van der Waals surface area contributed by atoms with E-state index in [1.165, 1.54) is 0 Å². The van der Waals surface area contributed by atoms with E-state index in [1.807, 2.05) is 18.2 Å². The topological polar surface area (TPSA) is 56.8 Å². The highest BCUT2D eigenvalue weighted by atomic mass is 16.5. The van der Waals surface area contributed by atoms with E-state index in [0.29, 0.717) is 0 Å². The van der Waals surface area contributed by atoms with Gasteiger partial charge < -0.3 is 4.74 Å². The number of benzene rings is 1. The third-order valence-electron chi connectivity index (χ3n) is 3.47. The third-order valence-corrected chi connectivity index (χ3v) is 3.47. The maximum Gasteiger partial charge on any atom is 0.119 e. The maximum absolute atomic E-state index is 9.41. The molecule has 0 saturated carbocycles. The van der Waals surface area contributed by atoms with Crippen LogP contribution in [0.4, 0.5) is 0 Å². The van der Waals surface area contributed by atoms with Gasteiger partial charge in [0.15, 0.2) is 0 Å². The number of methoxy groups -OCH3 is 1. The van der Waals surface area contributed by atoms with Crippen molar-refractivity contribution in [3.8, 4) is 17.9 Å². The molecular formula is C14H14N2O. The molecule has 0 radical (unpaired) electrons. The van der Waals surface area contributed by atoms with Crippen molar-refractivity contribution in [3.63, 3.8) is 0 Å². The lowest BCUT2D eigenvalue weighted by Crippen LogP contribution is -2.28. The molecule has 0 amide bonds. The van der Waals surface area contributed by atoms with Gasteiger partial charge in [0.2, 0.25) is 0 Å². The van der Waals surface area contributed by atoms with Gasteiger partial charge in [-0.15, -0.1) is 0 Å². The first kappa shape index (κ1) is 11.5. The Morgan fingerprint density at radius 2 is 2.24 bits per heavy atom. The minimum absolute atomic E-state index is 0.267. The first-order valence-corrected chi connectivity index (χ1v) is 5.71. The fraction of sp³-hybridized carbons (Fsp3) is 0.429. The zero-order chi connectivity index (χ0) is 12.3. The van der Waals surface area contributed by atoms with Crippen LogP contribution in [0, 0.1) is 22.7 Å². The van der Waals surface area contributed by atoms with Gasteiger partial charge in [-0.05, 0) is 42.5 Å². The molecular weight excluding hydrogens is 212 g/mol. The predicted octanol–water partition coefficient (Wildman–Crippen LogP) is 2.71. The molecule has 0 fully saturated rings. The van der Waals surface area contributed by atoms with E-state index in [4.69, 9.17) is 10.00 Å². The van der Waals surface area contributed by atoms with Gasteiger partial charge in [-0.3, -0.25) is 0 Å². The molecule has 3 nitrogen and oxygen atoms in total. The highest BCUT2D eigenvalue weighted by Crippen LogP contribution is 2.40. The molecule has 0 N–H and O–H groups in total. The van der Waals surface area contributed by atoms with Crippen LogP contribution in [-0.2, 0) is 11.8 Å². The summed E-state index contributed by atoms with van der Waals surface area (Å²) < 4.78 is 5.19. The van der Waals surface area contributed by atoms with Gasteiger partial charge in [0.05, 0.1) is 31.1 Å². The smallest absolute Gasteiger partial charge is 0.119 e. The summed E-state index contributed by atoms with van der Waals surface area (Å²) in [5, 5.41) is 18.3. The first-order valence-electron chi connectivity index (χ1n) is 5.71. The molecule has 0 aliphatic heterocycles. The summed E-state index contributed by atoms with van der Waals surface area (Å²) in [6.45, 7) is 0. The average Bonchev–Trinajstić information content (AvgIpc) is 2.38. The van der Waals surface area contributed by atoms with Crippen LogP contribution in [-0.4, -0.2) is 7.11 Å². The highest BCUT2D eigenvalue weighted by molar-refractivity contribution is 5.46. The highest BCUT2D eigenvalue weighted by Gasteiger charge is 2.36. The van der Waals surface area contributed by atoms with Crippen LogP contribution >= 0.6 is 0 Å². The lowest BCUT2D eigenvalue weighted by atomic mass is 9.69. The fourth-order valence-corrected chi connectivity index (χ4v) is 2.56. The summed E-state index contributed by atoms with van der Waals surface area (Å²) in [5.74, 6) is 0.814. The Bertz CT molecular complexity index is 510. The zero-order valence-electron chi connectivity index (χ0n) is 9.86. The Labute approximate surface area is 101 Å². The fourth-order valence-electron chi connectivity index (χ4n) is 2.56. The minimum Gasteiger partial charge on any atom is -0.497 e. The molecule has 0 bridgehead atoms. The van der Waals surface area contributed by atoms with Crippen LogP contribution < -0.4 is 4.74 Å². The van der Waals surface area contributed by atoms with E-state index in [2.05, 4.69) is 12.1 Å². The van der Waals surface area contributed by atoms with Crippen molar-refractivity contribution in [2.75, 3.05) is 7.11 Å².